The molecule has 0 saturated heterocycles. The van der Waals surface area contributed by atoms with Gasteiger partial charge in [-0.15, -0.1) is 11.3 Å². The predicted molar refractivity (Wildman–Crippen MR) is 116 cm³/mol. The largest absolute Gasteiger partial charge is 0.325 e. The van der Waals surface area contributed by atoms with Gasteiger partial charge < -0.3 is 0 Å². The molecule has 150 valence electrons. The number of rotatable bonds is 6. The molecule has 1 aromatic carbocycles. The van der Waals surface area contributed by atoms with Crippen molar-refractivity contribution in [3.63, 3.8) is 0 Å². The summed E-state index contributed by atoms with van der Waals surface area (Å²) in [6.07, 6.45) is 2.89. The summed E-state index contributed by atoms with van der Waals surface area (Å²) >= 11 is 3.10. The van der Waals surface area contributed by atoms with E-state index in [0.717, 1.165) is 35.6 Å². The zero-order valence-electron chi connectivity index (χ0n) is 16.4. The smallest absolute Gasteiger partial charge is 0.291 e. The molecule has 0 spiro atoms. The maximum absolute atomic E-state index is 13.1. The fourth-order valence-electron chi connectivity index (χ4n) is 3.59. The van der Waals surface area contributed by atoms with Gasteiger partial charge in [0.25, 0.3) is 0 Å². The van der Waals surface area contributed by atoms with Gasteiger partial charge in [-0.2, -0.15) is 0 Å². The Labute approximate surface area is 177 Å². The Morgan fingerprint density at radius 1 is 1.28 bits per heavy atom. The number of fused-ring (bicyclic) bond motifs is 3. The second kappa shape index (κ2) is 8.51. The first kappa shape index (κ1) is 19.8. The molecule has 0 aliphatic carbocycles. The lowest BCUT2D eigenvalue weighted by atomic mass is 10.0. The minimum Gasteiger partial charge on any atom is -0.291 e. The van der Waals surface area contributed by atoms with Crippen molar-refractivity contribution < 1.29 is 9.48 Å². The Balaban J connectivity index is 1.88. The summed E-state index contributed by atoms with van der Waals surface area (Å²) in [6, 6.07) is 11.4. The molecule has 4 rings (SSSR count). The van der Waals surface area contributed by atoms with Crippen LogP contribution in [0.1, 0.15) is 44.2 Å². The number of thioether (sulfide) groups is 1. The molecule has 0 radical (unpaired) electrons. The highest BCUT2D eigenvalue weighted by Crippen LogP contribution is 2.38. The molecule has 8 heteroatoms. The molecule has 3 aromatic rings. The number of benzene rings is 1. The van der Waals surface area contributed by atoms with Crippen molar-refractivity contribution in [2.75, 3.05) is 10.7 Å². The van der Waals surface area contributed by atoms with Crippen LogP contribution >= 0.6 is 23.1 Å². The Kier molecular flexibility index (Phi) is 5.82. The Hall–Kier alpha value is -2.45. The maximum Gasteiger partial charge on any atom is 0.325 e. The number of amides is 1. The van der Waals surface area contributed by atoms with Gasteiger partial charge >= 0.3 is 17.4 Å². The third kappa shape index (κ3) is 3.74. The molecule has 1 amide bonds. The van der Waals surface area contributed by atoms with Crippen LogP contribution in [0.2, 0.25) is 0 Å². The molecule has 2 aromatic heterocycles. The van der Waals surface area contributed by atoms with Crippen molar-refractivity contribution in [3.8, 4) is 11.3 Å². The summed E-state index contributed by atoms with van der Waals surface area (Å²) in [5.41, 5.74) is 1.74. The number of anilines is 1. The molecule has 1 aliphatic heterocycles. The van der Waals surface area contributed by atoms with E-state index in [1.807, 2.05) is 41.8 Å². The zero-order valence-corrected chi connectivity index (χ0v) is 18.1. The lowest BCUT2D eigenvalue weighted by molar-refractivity contribution is -0.762. The molecule has 6 nitrogen and oxygen atoms in total. The van der Waals surface area contributed by atoms with Gasteiger partial charge in [0, 0.05) is 17.8 Å². The van der Waals surface area contributed by atoms with Gasteiger partial charge in [-0.1, -0.05) is 49.7 Å². The van der Waals surface area contributed by atoms with E-state index in [-0.39, 0.29) is 11.5 Å². The third-order valence-electron chi connectivity index (χ3n) is 4.88. The minimum absolute atomic E-state index is 0.0896. The van der Waals surface area contributed by atoms with Crippen LogP contribution in [0.3, 0.4) is 0 Å². The van der Waals surface area contributed by atoms with Crippen molar-refractivity contribution in [1.82, 2.24) is 10.1 Å². The topological polar surface area (TPSA) is 69.9 Å². The van der Waals surface area contributed by atoms with Crippen molar-refractivity contribution >= 4 is 34.7 Å². The zero-order chi connectivity index (χ0) is 20.4. The van der Waals surface area contributed by atoms with Crippen LogP contribution in [-0.4, -0.2) is 21.7 Å². The van der Waals surface area contributed by atoms with Crippen LogP contribution in [0.4, 0.5) is 5.69 Å². The maximum atomic E-state index is 13.1. The molecule has 0 saturated carbocycles. The number of nitrogens with one attached hydrogen (secondary N) is 1. The molecule has 0 bridgehead atoms. The number of H-pyrrole nitrogens is 1. The van der Waals surface area contributed by atoms with Gasteiger partial charge in [0.1, 0.15) is 0 Å². The van der Waals surface area contributed by atoms with Gasteiger partial charge in [-0.25, -0.2) is 4.90 Å². The number of hydrogen-bond donors (Lipinski definition) is 1. The number of thiophene rings is 1. The monoisotopic (exact) mass is 427 g/mol. The quantitative estimate of drug-likeness (QED) is 0.367. The number of aromatic nitrogens is 3. The second-order valence-electron chi connectivity index (χ2n) is 6.90. The normalized spacial score (nSPS) is 15.1. The number of nitrogens with zero attached hydrogens (tertiary/aromatic N) is 3. The van der Waals surface area contributed by atoms with E-state index in [1.165, 1.54) is 0 Å². The number of carbonyl (C=O) groups excluding carboxylic acids is 1. The predicted octanol–water partition coefficient (Wildman–Crippen LogP) is 3.98. The van der Waals surface area contributed by atoms with E-state index in [4.69, 9.17) is 5.10 Å². The van der Waals surface area contributed by atoms with Crippen LogP contribution < -0.4 is 15.1 Å². The molecule has 3 heterocycles. The highest BCUT2D eigenvalue weighted by atomic mass is 32.2. The van der Waals surface area contributed by atoms with E-state index >= 15 is 0 Å². The fourth-order valence-corrected chi connectivity index (χ4v) is 5.25. The van der Waals surface area contributed by atoms with Crippen LogP contribution in [0.15, 0.2) is 51.7 Å². The highest BCUT2D eigenvalue weighted by Gasteiger charge is 2.45. The summed E-state index contributed by atoms with van der Waals surface area (Å²) in [5.74, 6) is 0.806. The lowest BCUT2D eigenvalue weighted by Gasteiger charge is -2.30. The Morgan fingerprint density at radius 2 is 2.10 bits per heavy atom. The number of carbonyl (C=O) groups is 1. The van der Waals surface area contributed by atoms with Crippen LogP contribution in [-0.2, 0) is 4.79 Å². The van der Waals surface area contributed by atoms with Gasteiger partial charge in [0.05, 0.1) is 16.1 Å². The molecular weight excluding hydrogens is 404 g/mol. The van der Waals surface area contributed by atoms with E-state index in [2.05, 4.69) is 11.9 Å². The number of aromatic amines is 1. The molecule has 1 N–H and O–H groups in total. The molecular formula is C21H23N4O2S2+. The third-order valence-corrected chi connectivity index (χ3v) is 6.74. The number of unbranched alkanes of at least 4 members (excludes halogenated alkanes) is 2. The van der Waals surface area contributed by atoms with Crippen molar-refractivity contribution in [2.45, 2.75) is 44.4 Å². The van der Waals surface area contributed by atoms with Gasteiger partial charge in [-0.05, 0) is 34.7 Å². The van der Waals surface area contributed by atoms with Crippen LogP contribution in [0.25, 0.3) is 11.3 Å². The summed E-state index contributed by atoms with van der Waals surface area (Å²) in [5, 5.41) is 7.33. The molecule has 29 heavy (non-hydrogen) atoms. The summed E-state index contributed by atoms with van der Waals surface area (Å²) in [6.45, 7) is 3.72. The molecule has 1 aliphatic rings. The first-order valence-corrected chi connectivity index (χ1v) is 11.6. The van der Waals surface area contributed by atoms with E-state index in [1.54, 1.807) is 39.6 Å². The van der Waals surface area contributed by atoms with Crippen LogP contribution in [0.5, 0.6) is 0 Å². The number of para-hydroxylation sites is 1. The van der Waals surface area contributed by atoms with Crippen molar-refractivity contribution in [2.24, 2.45) is 0 Å². The van der Waals surface area contributed by atoms with E-state index < -0.39 is 6.17 Å². The SMILES string of the molecule is CCCCCSc1n[n+]2c(c(=O)[nH]1)-c1ccccc1N(C(C)=O)[C@H]2c1cccs1. The highest BCUT2D eigenvalue weighted by molar-refractivity contribution is 7.99. The average molecular weight is 428 g/mol. The minimum atomic E-state index is -0.477. The average Bonchev–Trinajstić information content (AvgIpc) is 3.24. The van der Waals surface area contributed by atoms with Gasteiger partial charge in [-0.3, -0.25) is 14.6 Å². The first-order valence-electron chi connectivity index (χ1n) is 9.73. The summed E-state index contributed by atoms with van der Waals surface area (Å²) in [4.78, 5) is 31.4. The molecule has 1 atom stereocenters. The second-order valence-corrected chi connectivity index (χ2v) is 8.97. The van der Waals surface area contributed by atoms with E-state index in [0.29, 0.717) is 16.4 Å². The van der Waals surface area contributed by atoms with Gasteiger partial charge in [0.15, 0.2) is 0 Å². The Bertz CT molecular complexity index is 1080. The van der Waals surface area contributed by atoms with E-state index in [9.17, 15) is 9.59 Å². The van der Waals surface area contributed by atoms with Crippen molar-refractivity contribution in [3.05, 3.63) is 57.0 Å². The Morgan fingerprint density at radius 3 is 2.83 bits per heavy atom. The first-order chi connectivity index (χ1) is 14.1. The fraction of sp³-hybridized carbons (Fsp3) is 0.333. The lowest BCUT2D eigenvalue weighted by Crippen LogP contribution is -2.60. The molecule has 0 fully saturated rings. The van der Waals surface area contributed by atoms with Crippen LogP contribution in [0, 0.1) is 0 Å². The summed E-state index contributed by atoms with van der Waals surface area (Å²) in [7, 11) is 0. The number of hydrogen-bond acceptors (Lipinski definition) is 5. The van der Waals surface area contributed by atoms with Gasteiger partial charge in [0.2, 0.25) is 11.1 Å². The van der Waals surface area contributed by atoms with Crippen molar-refractivity contribution in [1.29, 1.82) is 0 Å². The standard InChI is InChI=1S/C21H22N4O2S2/c1-3-4-7-12-29-21-22-19(27)18-15-9-5-6-10-16(15)24(14(2)26)20(25(18)23-21)17-11-8-13-28-17/h5-6,8-11,13,20H,3-4,7,12H2,1-2H3/p+1/t20-/m1/s1. The molecule has 0 unspecified atom stereocenters. The summed E-state index contributed by atoms with van der Waals surface area (Å²) < 4.78 is 1.72.